The highest BCUT2D eigenvalue weighted by Crippen LogP contribution is 2.23. The van der Waals surface area contributed by atoms with Crippen LogP contribution in [0.2, 0.25) is 0 Å². The van der Waals surface area contributed by atoms with Gasteiger partial charge in [0.1, 0.15) is 5.75 Å². The van der Waals surface area contributed by atoms with E-state index >= 15 is 0 Å². The van der Waals surface area contributed by atoms with E-state index in [1.54, 1.807) is 6.92 Å². The minimum atomic E-state index is -0.508. The zero-order valence-electron chi connectivity index (χ0n) is 12.7. The van der Waals surface area contributed by atoms with Crippen molar-refractivity contribution in [2.75, 3.05) is 0 Å². The highest BCUT2D eigenvalue weighted by molar-refractivity contribution is 9.10. The first-order chi connectivity index (χ1) is 9.88. The molecular weight excluding hydrogens is 328 g/mol. The van der Waals surface area contributed by atoms with Crippen molar-refractivity contribution in [3.05, 3.63) is 63.1 Å². The molecule has 2 aromatic carbocycles. The molecule has 110 valence electrons. The molecule has 0 spiro atoms. The van der Waals surface area contributed by atoms with Crippen LogP contribution >= 0.6 is 15.9 Å². The van der Waals surface area contributed by atoms with Crippen LogP contribution in [0.15, 0.2) is 40.9 Å². The third kappa shape index (κ3) is 3.73. The van der Waals surface area contributed by atoms with E-state index in [9.17, 15) is 4.79 Å². The molecule has 0 N–H and O–H groups in total. The van der Waals surface area contributed by atoms with E-state index in [2.05, 4.69) is 15.9 Å². The van der Waals surface area contributed by atoms with Crippen molar-refractivity contribution in [1.29, 1.82) is 0 Å². The fourth-order valence-electron chi connectivity index (χ4n) is 2.17. The second-order valence-electron chi connectivity index (χ2n) is 5.35. The van der Waals surface area contributed by atoms with Crippen molar-refractivity contribution in [3.8, 4) is 5.75 Å². The van der Waals surface area contributed by atoms with Crippen LogP contribution in [0.25, 0.3) is 0 Å². The lowest BCUT2D eigenvalue weighted by Gasteiger charge is -2.16. The summed E-state index contributed by atoms with van der Waals surface area (Å²) in [5.74, 6) is 0.721. The van der Waals surface area contributed by atoms with E-state index < -0.39 is 6.10 Å². The van der Waals surface area contributed by atoms with Crippen LogP contribution in [-0.4, -0.2) is 11.9 Å². The van der Waals surface area contributed by atoms with E-state index in [-0.39, 0.29) is 5.78 Å². The lowest BCUT2D eigenvalue weighted by Crippen LogP contribution is -2.24. The van der Waals surface area contributed by atoms with Gasteiger partial charge in [0, 0.05) is 10.0 Å². The molecule has 0 aliphatic carbocycles. The average Bonchev–Trinajstić information content (AvgIpc) is 2.44. The quantitative estimate of drug-likeness (QED) is 0.726. The van der Waals surface area contributed by atoms with Gasteiger partial charge in [-0.2, -0.15) is 0 Å². The molecule has 0 aliphatic heterocycles. The van der Waals surface area contributed by atoms with Crippen molar-refractivity contribution in [2.45, 2.75) is 33.8 Å². The van der Waals surface area contributed by atoms with Gasteiger partial charge in [0.25, 0.3) is 0 Å². The summed E-state index contributed by atoms with van der Waals surface area (Å²) in [6.45, 7) is 7.72. The van der Waals surface area contributed by atoms with Crippen LogP contribution in [0, 0.1) is 20.8 Å². The fraction of sp³-hybridized carbons (Fsp3) is 0.278. The first kappa shape index (κ1) is 15.8. The molecule has 0 fully saturated rings. The van der Waals surface area contributed by atoms with Gasteiger partial charge in [-0.25, -0.2) is 0 Å². The molecule has 21 heavy (non-hydrogen) atoms. The summed E-state index contributed by atoms with van der Waals surface area (Å²) in [5.41, 5.74) is 3.87. The predicted molar refractivity (Wildman–Crippen MR) is 89.2 cm³/mol. The van der Waals surface area contributed by atoms with Crippen molar-refractivity contribution < 1.29 is 9.53 Å². The van der Waals surface area contributed by atoms with E-state index in [0.717, 1.165) is 26.7 Å². The normalized spacial score (nSPS) is 12.0. The fourth-order valence-corrected chi connectivity index (χ4v) is 2.42. The maximum Gasteiger partial charge on any atom is 0.203 e. The number of hydrogen-bond donors (Lipinski definition) is 0. The second-order valence-corrected chi connectivity index (χ2v) is 6.21. The van der Waals surface area contributed by atoms with E-state index in [1.165, 1.54) is 0 Å². The minimum absolute atomic E-state index is 0.0109. The highest BCUT2D eigenvalue weighted by Gasteiger charge is 2.19. The van der Waals surface area contributed by atoms with Crippen LogP contribution in [0.4, 0.5) is 0 Å². The third-order valence-electron chi connectivity index (χ3n) is 3.47. The summed E-state index contributed by atoms with van der Waals surface area (Å²) in [5, 5.41) is 0. The molecule has 0 aliphatic rings. The number of hydrogen-bond acceptors (Lipinski definition) is 2. The van der Waals surface area contributed by atoms with E-state index in [1.807, 2.05) is 57.2 Å². The van der Waals surface area contributed by atoms with E-state index in [0.29, 0.717) is 5.75 Å². The Kier molecular flexibility index (Phi) is 4.84. The van der Waals surface area contributed by atoms with Crippen molar-refractivity contribution >= 4 is 21.7 Å². The Morgan fingerprint density at radius 3 is 2.43 bits per heavy atom. The number of carbonyl (C=O) groups is 1. The Hall–Kier alpha value is -1.61. The summed E-state index contributed by atoms with van der Waals surface area (Å²) in [4.78, 5) is 12.5. The molecule has 2 nitrogen and oxygen atoms in total. The number of carbonyl (C=O) groups excluding carboxylic acids is 1. The molecule has 2 aromatic rings. The number of halogens is 1. The summed E-state index contributed by atoms with van der Waals surface area (Å²) >= 11 is 3.46. The Labute approximate surface area is 134 Å². The van der Waals surface area contributed by atoms with Gasteiger partial charge in [-0.15, -0.1) is 0 Å². The first-order valence-electron chi connectivity index (χ1n) is 6.93. The number of ether oxygens (including phenoxy) is 1. The highest BCUT2D eigenvalue weighted by atomic mass is 79.9. The van der Waals surface area contributed by atoms with Gasteiger partial charge >= 0.3 is 0 Å². The number of Topliss-reactive ketones (excluding diaryl/α,β-unsaturated/α-hetero) is 1. The molecule has 2 rings (SSSR count). The number of aryl methyl sites for hydroxylation is 3. The Bertz CT molecular complexity index is 677. The smallest absolute Gasteiger partial charge is 0.203 e. The molecule has 0 heterocycles. The van der Waals surface area contributed by atoms with Crippen LogP contribution in [0.5, 0.6) is 5.75 Å². The maximum absolute atomic E-state index is 12.5. The molecule has 0 amide bonds. The number of rotatable bonds is 4. The summed E-state index contributed by atoms with van der Waals surface area (Å²) < 4.78 is 6.82. The summed E-state index contributed by atoms with van der Waals surface area (Å²) in [6, 6.07) is 11.6. The Balaban J connectivity index is 2.19. The third-order valence-corrected chi connectivity index (χ3v) is 4.36. The lowest BCUT2D eigenvalue weighted by atomic mass is 9.99. The standard InChI is InChI=1S/C18H19BrO2/c1-11-5-6-12(2)16(9-11)18(20)14(4)21-15-7-8-17(19)13(3)10-15/h5-10,14H,1-4H3. The average molecular weight is 347 g/mol. The van der Waals surface area contributed by atoms with Gasteiger partial charge < -0.3 is 4.74 Å². The molecule has 0 bridgehead atoms. The van der Waals surface area contributed by atoms with Crippen LogP contribution in [0.3, 0.4) is 0 Å². The zero-order chi connectivity index (χ0) is 15.6. The largest absolute Gasteiger partial charge is 0.483 e. The molecule has 0 saturated heterocycles. The molecule has 1 atom stereocenters. The topological polar surface area (TPSA) is 26.3 Å². The van der Waals surface area contributed by atoms with Crippen molar-refractivity contribution in [2.24, 2.45) is 0 Å². The molecule has 0 aromatic heterocycles. The molecule has 0 radical (unpaired) electrons. The number of benzene rings is 2. The van der Waals surface area contributed by atoms with Crippen LogP contribution < -0.4 is 4.74 Å². The lowest BCUT2D eigenvalue weighted by molar-refractivity contribution is 0.0817. The van der Waals surface area contributed by atoms with Crippen molar-refractivity contribution in [1.82, 2.24) is 0 Å². The second kappa shape index (κ2) is 6.44. The van der Waals surface area contributed by atoms with Gasteiger partial charge in [-0.3, -0.25) is 4.79 Å². The molecular formula is C18H19BrO2. The van der Waals surface area contributed by atoms with Crippen LogP contribution in [-0.2, 0) is 0 Å². The minimum Gasteiger partial charge on any atom is -0.483 e. The monoisotopic (exact) mass is 346 g/mol. The molecule has 1 unspecified atom stereocenters. The van der Waals surface area contributed by atoms with Gasteiger partial charge in [-0.05, 0) is 63.1 Å². The summed E-state index contributed by atoms with van der Waals surface area (Å²) in [7, 11) is 0. The van der Waals surface area contributed by atoms with Gasteiger partial charge in [-0.1, -0.05) is 33.6 Å². The number of ketones is 1. The maximum atomic E-state index is 12.5. The van der Waals surface area contributed by atoms with Gasteiger partial charge in [0.15, 0.2) is 6.10 Å². The van der Waals surface area contributed by atoms with E-state index in [4.69, 9.17) is 4.74 Å². The molecule has 0 saturated carbocycles. The van der Waals surface area contributed by atoms with Gasteiger partial charge in [0.05, 0.1) is 0 Å². The summed E-state index contributed by atoms with van der Waals surface area (Å²) in [6.07, 6.45) is -0.508. The van der Waals surface area contributed by atoms with Gasteiger partial charge in [0.2, 0.25) is 5.78 Å². The van der Waals surface area contributed by atoms with Crippen LogP contribution in [0.1, 0.15) is 34.0 Å². The zero-order valence-corrected chi connectivity index (χ0v) is 14.3. The Morgan fingerprint density at radius 1 is 1.05 bits per heavy atom. The Morgan fingerprint density at radius 2 is 1.76 bits per heavy atom. The SMILES string of the molecule is Cc1ccc(C)c(C(=O)C(C)Oc2ccc(Br)c(C)c2)c1. The first-order valence-corrected chi connectivity index (χ1v) is 7.72. The molecule has 3 heteroatoms. The predicted octanol–water partition coefficient (Wildman–Crippen LogP) is 5.02. The van der Waals surface area contributed by atoms with Crippen molar-refractivity contribution in [3.63, 3.8) is 0 Å².